The molecule has 2 aromatic rings. The van der Waals surface area contributed by atoms with Gasteiger partial charge in [-0.2, -0.15) is 5.10 Å². The van der Waals surface area contributed by atoms with Gasteiger partial charge in [0, 0.05) is 36.5 Å². The summed E-state index contributed by atoms with van der Waals surface area (Å²) in [6, 6.07) is 4.84. The average Bonchev–Trinajstić information content (AvgIpc) is 2.69. The van der Waals surface area contributed by atoms with E-state index in [1.807, 2.05) is 18.2 Å². The first kappa shape index (κ1) is 17.4. The van der Waals surface area contributed by atoms with Gasteiger partial charge >= 0.3 is 0 Å². The third-order valence-corrected chi connectivity index (χ3v) is 5.40. The predicted molar refractivity (Wildman–Crippen MR) is 98.4 cm³/mol. The second-order valence-electron chi connectivity index (χ2n) is 7.09. The maximum Gasteiger partial charge on any atom is 0.275 e. The van der Waals surface area contributed by atoms with Crippen molar-refractivity contribution in [3.8, 4) is 0 Å². The van der Waals surface area contributed by atoms with Crippen LogP contribution in [-0.2, 0) is 14.4 Å². The maximum absolute atomic E-state index is 13.0. The minimum atomic E-state index is -0.772. The number of imide groups is 1. The van der Waals surface area contributed by atoms with Gasteiger partial charge in [-0.3, -0.25) is 19.7 Å². The highest BCUT2D eigenvalue weighted by atomic mass is 16.2. The Morgan fingerprint density at radius 3 is 2.59 bits per heavy atom. The lowest BCUT2D eigenvalue weighted by Crippen LogP contribution is -2.45. The Bertz CT molecular complexity index is 975. The average molecular weight is 368 g/mol. The van der Waals surface area contributed by atoms with Crippen LogP contribution in [-0.4, -0.2) is 41.0 Å². The van der Waals surface area contributed by atoms with Crippen molar-refractivity contribution < 1.29 is 14.4 Å². The van der Waals surface area contributed by atoms with E-state index in [0.717, 1.165) is 37.9 Å². The maximum atomic E-state index is 13.0. The van der Waals surface area contributed by atoms with E-state index in [9.17, 15) is 19.2 Å². The summed E-state index contributed by atoms with van der Waals surface area (Å²) in [5.41, 5.74) is 0.580. The van der Waals surface area contributed by atoms with E-state index in [1.165, 1.54) is 4.68 Å². The number of aldehydes is 1. The van der Waals surface area contributed by atoms with Crippen molar-refractivity contribution in [2.24, 2.45) is 5.92 Å². The van der Waals surface area contributed by atoms with E-state index < -0.39 is 11.9 Å². The lowest BCUT2D eigenvalue weighted by atomic mass is 9.98. The zero-order valence-corrected chi connectivity index (χ0v) is 14.8. The summed E-state index contributed by atoms with van der Waals surface area (Å²) in [5.74, 6) is -0.714. The van der Waals surface area contributed by atoms with Gasteiger partial charge in [0.1, 0.15) is 12.3 Å². The summed E-state index contributed by atoms with van der Waals surface area (Å²) in [6.07, 6.45) is 4.65. The van der Waals surface area contributed by atoms with Gasteiger partial charge in [0.15, 0.2) is 0 Å². The zero-order chi connectivity index (χ0) is 19.0. The highest BCUT2D eigenvalue weighted by Crippen LogP contribution is 2.25. The van der Waals surface area contributed by atoms with Gasteiger partial charge in [-0.05, 0) is 31.4 Å². The number of carbonyl (C=O) groups excluding carboxylic acids is 3. The van der Waals surface area contributed by atoms with Crippen molar-refractivity contribution >= 4 is 34.6 Å². The number of hydrogen-bond acceptors (Lipinski definition) is 6. The van der Waals surface area contributed by atoms with Crippen molar-refractivity contribution in [1.29, 1.82) is 0 Å². The molecule has 0 bridgehead atoms. The summed E-state index contributed by atoms with van der Waals surface area (Å²) < 4.78 is 1.17. The van der Waals surface area contributed by atoms with Crippen LogP contribution in [0.5, 0.6) is 0 Å². The minimum Gasteiger partial charge on any atom is -0.371 e. The highest BCUT2D eigenvalue weighted by molar-refractivity contribution is 5.99. The number of carbonyl (C=O) groups is 3. The van der Waals surface area contributed by atoms with Gasteiger partial charge in [-0.15, -0.1) is 0 Å². The van der Waals surface area contributed by atoms with E-state index in [0.29, 0.717) is 10.8 Å². The third-order valence-electron chi connectivity index (χ3n) is 5.40. The molecule has 2 fully saturated rings. The molecule has 0 saturated carbocycles. The molecular weight excluding hydrogens is 348 g/mol. The summed E-state index contributed by atoms with van der Waals surface area (Å²) in [5, 5.41) is 7.60. The SMILES string of the molecule is O=CC1CCN(c2ccc3cnn(C4CCC(=O)NC4=O)c(=O)c3c2)CC1. The number of fused-ring (bicyclic) bond motifs is 1. The van der Waals surface area contributed by atoms with Gasteiger partial charge in [0.25, 0.3) is 11.5 Å². The van der Waals surface area contributed by atoms with Crippen LogP contribution in [0.3, 0.4) is 0 Å². The van der Waals surface area contributed by atoms with Crippen molar-refractivity contribution in [2.45, 2.75) is 31.7 Å². The van der Waals surface area contributed by atoms with E-state index in [-0.39, 0.29) is 30.2 Å². The molecule has 8 nitrogen and oxygen atoms in total. The molecule has 2 saturated heterocycles. The first-order valence-corrected chi connectivity index (χ1v) is 9.12. The number of nitrogens with one attached hydrogen (secondary N) is 1. The van der Waals surface area contributed by atoms with Gasteiger partial charge in [-0.1, -0.05) is 6.07 Å². The van der Waals surface area contributed by atoms with Crippen LogP contribution >= 0.6 is 0 Å². The standard InChI is InChI=1S/C19H20N4O4/c24-11-12-5-7-22(8-6-12)14-2-1-13-10-20-23(19(27)15(13)9-14)16-3-4-17(25)21-18(16)26/h1-2,9-12,16H,3-8H2,(H,21,25,26). The summed E-state index contributed by atoms with van der Waals surface area (Å²) >= 11 is 0. The van der Waals surface area contributed by atoms with Crippen LogP contribution in [0.1, 0.15) is 31.7 Å². The fourth-order valence-corrected chi connectivity index (χ4v) is 3.77. The molecular formula is C19H20N4O4. The molecule has 1 aromatic carbocycles. The second-order valence-corrected chi connectivity index (χ2v) is 7.09. The van der Waals surface area contributed by atoms with Gasteiger partial charge in [0.05, 0.1) is 11.6 Å². The molecule has 0 radical (unpaired) electrons. The highest BCUT2D eigenvalue weighted by Gasteiger charge is 2.30. The topological polar surface area (TPSA) is 101 Å². The Morgan fingerprint density at radius 2 is 1.89 bits per heavy atom. The van der Waals surface area contributed by atoms with Gasteiger partial charge in [0.2, 0.25) is 5.91 Å². The fourth-order valence-electron chi connectivity index (χ4n) is 3.77. The minimum absolute atomic E-state index is 0.107. The predicted octanol–water partition coefficient (Wildman–Crippen LogP) is 0.790. The molecule has 3 heterocycles. The molecule has 27 heavy (non-hydrogen) atoms. The quantitative estimate of drug-likeness (QED) is 0.635. The molecule has 0 spiro atoms. The Hall–Kier alpha value is -3.03. The monoisotopic (exact) mass is 368 g/mol. The number of amides is 2. The van der Waals surface area contributed by atoms with Crippen LogP contribution in [0, 0.1) is 5.92 Å². The molecule has 1 unspecified atom stereocenters. The molecule has 1 aromatic heterocycles. The molecule has 2 amide bonds. The van der Waals surface area contributed by atoms with Gasteiger partial charge < -0.3 is 9.69 Å². The van der Waals surface area contributed by atoms with Gasteiger partial charge in [-0.25, -0.2) is 4.68 Å². The third kappa shape index (κ3) is 3.22. The lowest BCUT2D eigenvalue weighted by molar-refractivity contribution is -0.136. The molecule has 1 atom stereocenters. The molecule has 8 heteroatoms. The number of rotatable bonds is 3. The Kier molecular flexibility index (Phi) is 4.47. The fraction of sp³-hybridized carbons (Fsp3) is 0.421. The van der Waals surface area contributed by atoms with Crippen LogP contribution in [0.4, 0.5) is 5.69 Å². The van der Waals surface area contributed by atoms with E-state index in [2.05, 4.69) is 15.3 Å². The Morgan fingerprint density at radius 1 is 1.11 bits per heavy atom. The smallest absolute Gasteiger partial charge is 0.275 e. The number of hydrogen-bond donors (Lipinski definition) is 1. The summed E-state index contributed by atoms with van der Waals surface area (Å²) in [7, 11) is 0. The number of anilines is 1. The second kappa shape index (κ2) is 6.94. The summed E-state index contributed by atoms with van der Waals surface area (Å²) in [6.45, 7) is 1.53. The molecule has 1 N–H and O–H groups in total. The normalized spacial score (nSPS) is 21.3. The number of piperidine rings is 2. The van der Waals surface area contributed by atoms with Crippen LogP contribution < -0.4 is 15.8 Å². The molecule has 2 aliphatic rings. The van der Waals surface area contributed by atoms with Crippen LogP contribution in [0.2, 0.25) is 0 Å². The van der Waals surface area contributed by atoms with E-state index in [1.54, 1.807) is 6.20 Å². The Balaban J connectivity index is 1.68. The molecule has 0 aliphatic carbocycles. The largest absolute Gasteiger partial charge is 0.371 e. The van der Waals surface area contributed by atoms with Crippen LogP contribution in [0.25, 0.3) is 10.8 Å². The Labute approximate surface area is 155 Å². The van der Waals surface area contributed by atoms with Crippen molar-refractivity contribution in [2.75, 3.05) is 18.0 Å². The lowest BCUT2D eigenvalue weighted by Gasteiger charge is -2.31. The van der Waals surface area contributed by atoms with E-state index in [4.69, 9.17) is 0 Å². The van der Waals surface area contributed by atoms with E-state index >= 15 is 0 Å². The number of benzene rings is 1. The first-order valence-electron chi connectivity index (χ1n) is 9.12. The number of nitrogens with zero attached hydrogens (tertiary/aromatic N) is 3. The zero-order valence-electron chi connectivity index (χ0n) is 14.8. The van der Waals surface area contributed by atoms with Crippen molar-refractivity contribution in [1.82, 2.24) is 15.1 Å². The molecule has 4 rings (SSSR count). The van der Waals surface area contributed by atoms with Crippen molar-refractivity contribution in [3.63, 3.8) is 0 Å². The van der Waals surface area contributed by atoms with Crippen molar-refractivity contribution in [3.05, 3.63) is 34.7 Å². The summed E-state index contributed by atoms with van der Waals surface area (Å²) in [4.78, 5) is 49.5. The number of aromatic nitrogens is 2. The molecule has 140 valence electrons. The molecule has 2 aliphatic heterocycles. The first-order chi connectivity index (χ1) is 13.1. The van der Waals surface area contributed by atoms with Crippen LogP contribution in [0.15, 0.2) is 29.2 Å².